The first kappa shape index (κ1) is 26.8. The van der Waals surface area contributed by atoms with Crippen LogP contribution in [0.2, 0.25) is 0 Å². The van der Waals surface area contributed by atoms with Crippen LogP contribution < -0.4 is 0 Å². The van der Waals surface area contributed by atoms with Crippen LogP contribution in [0.3, 0.4) is 0 Å². The van der Waals surface area contributed by atoms with E-state index in [9.17, 15) is 0 Å². The number of rotatable bonds is 3. The average Bonchev–Trinajstić information content (AvgIpc) is 3.82. The summed E-state index contributed by atoms with van der Waals surface area (Å²) in [5, 5.41) is 10.1. The smallest absolute Gasteiger partial charge is 0.0634 e. The first-order valence-corrected chi connectivity index (χ1v) is 17.4. The number of pyridine rings is 1. The number of benzene rings is 7. The van der Waals surface area contributed by atoms with Gasteiger partial charge in [0.2, 0.25) is 0 Å². The first-order chi connectivity index (χ1) is 24.3. The molecular weight excluding hydrogens is 615 g/mol. The van der Waals surface area contributed by atoms with Gasteiger partial charge in [-0.05, 0) is 59.0 Å². The van der Waals surface area contributed by atoms with Crippen molar-refractivity contribution in [3.8, 4) is 22.5 Å². The topological polar surface area (TPSA) is 22.8 Å². The van der Waals surface area contributed by atoms with Gasteiger partial charge in [0.05, 0.1) is 27.8 Å². The molecule has 0 aliphatic heterocycles. The lowest BCUT2D eigenvalue weighted by atomic mass is 10.0. The predicted octanol–water partition coefficient (Wildman–Crippen LogP) is 12.5. The number of fused-ring (bicyclic) bond motifs is 12. The number of aromatic nitrogens is 3. The molecule has 11 rings (SSSR count). The third-order valence-electron chi connectivity index (χ3n) is 10.2. The van der Waals surface area contributed by atoms with Crippen molar-refractivity contribution in [2.75, 3.05) is 0 Å². The minimum Gasteiger partial charge on any atom is -0.309 e. The van der Waals surface area contributed by atoms with Crippen molar-refractivity contribution in [3.63, 3.8) is 0 Å². The predicted molar refractivity (Wildman–Crippen MR) is 209 cm³/mol. The van der Waals surface area contributed by atoms with E-state index < -0.39 is 0 Å². The van der Waals surface area contributed by atoms with Crippen LogP contribution in [-0.4, -0.2) is 14.1 Å². The highest BCUT2D eigenvalue weighted by atomic mass is 32.1. The zero-order chi connectivity index (χ0) is 32.1. The normalized spacial score (nSPS) is 12.1. The van der Waals surface area contributed by atoms with Crippen molar-refractivity contribution in [2.45, 2.75) is 0 Å². The summed E-state index contributed by atoms with van der Waals surface area (Å²) in [6.07, 6.45) is 3.93. The molecule has 0 saturated carbocycles. The molecule has 0 spiro atoms. The van der Waals surface area contributed by atoms with Gasteiger partial charge in [0.15, 0.2) is 0 Å². The highest BCUT2D eigenvalue weighted by Gasteiger charge is 2.22. The van der Waals surface area contributed by atoms with Gasteiger partial charge in [-0.15, -0.1) is 11.3 Å². The van der Waals surface area contributed by atoms with Gasteiger partial charge in [-0.3, -0.25) is 4.98 Å². The van der Waals surface area contributed by atoms with Crippen molar-refractivity contribution >= 4 is 85.9 Å². The van der Waals surface area contributed by atoms with E-state index in [0.29, 0.717) is 0 Å². The van der Waals surface area contributed by atoms with Crippen LogP contribution in [0.25, 0.3) is 97.1 Å². The molecule has 7 aromatic carbocycles. The van der Waals surface area contributed by atoms with E-state index >= 15 is 0 Å². The Morgan fingerprint density at radius 1 is 0.469 bits per heavy atom. The van der Waals surface area contributed by atoms with Gasteiger partial charge in [0.1, 0.15) is 0 Å². The Kier molecular flexibility index (Phi) is 5.54. The summed E-state index contributed by atoms with van der Waals surface area (Å²) < 4.78 is 7.53. The molecular formula is C45H27N3S. The van der Waals surface area contributed by atoms with E-state index in [1.54, 1.807) is 0 Å². The molecule has 49 heavy (non-hydrogen) atoms. The second-order valence-electron chi connectivity index (χ2n) is 12.8. The highest BCUT2D eigenvalue weighted by Crippen LogP contribution is 2.47. The molecule has 0 saturated heterocycles. The van der Waals surface area contributed by atoms with Crippen molar-refractivity contribution in [3.05, 3.63) is 164 Å². The average molecular weight is 642 g/mol. The van der Waals surface area contributed by atoms with Crippen molar-refractivity contribution in [2.24, 2.45) is 0 Å². The van der Waals surface area contributed by atoms with Gasteiger partial charge in [0, 0.05) is 65.2 Å². The number of hydrogen-bond acceptors (Lipinski definition) is 2. The van der Waals surface area contributed by atoms with Gasteiger partial charge in [-0.2, -0.15) is 0 Å². The van der Waals surface area contributed by atoms with Crippen LogP contribution in [0.1, 0.15) is 0 Å². The Hall–Kier alpha value is -6.23. The Balaban J connectivity index is 1.27. The third kappa shape index (κ3) is 3.75. The number of hydrogen-bond donors (Lipinski definition) is 0. The summed E-state index contributed by atoms with van der Waals surface area (Å²) in [5.41, 5.74) is 9.61. The summed E-state index contributed by atoms with van der Waals surface area (Å²) >= 11 is 1.90. The maximum atomic E-state index is 4.58. The molecule has 4 heteroatoms. The van der Waals surface area contributed by atoms with Crippen molar-refractivity contribution < 1.29 is 0 Å². The van der Waals surface area contributed by atoms with Crippen LogP contribution in [-0.2, 0) is 0 Å². The molecule has 4 heterocycles. The second-order valence-corrected chi connectivity index (χ2v) is 13.8. The van der Waals surface area contributed by atoms with Crippen LogP contribution in [0, 0.1) is 0 Å². The number of thiophene rings is 1. The number of nitrogens with zero attached hydrogens (tertiary/aromatic N) is 3. The lowest BCUT2D eigenvalue weighted by Gasteiger charge is -2.12. The third-order valence-corrected chi connectivity index (χ3v) is 11.4. The Morgan fingerprint density at radius 3 is 2.16 bits per heavy atom. The van der Waals surface area contributed by atoms with E-state index in [2.05, 4.69) is 166 Å². The van der Waals surface area contributed by atoms with E-state index in [1.165, 1.54) is 80.5 Å². The minimum absolute atomic E-state index is 1.15. The minimum atomic E-state index is 1.15. The summed E-state index contributed by atoms with van der Waals surface area (Å²) in [6, 6.07) is 55.2. The van der Waals surface area contributed by atoms with E-state index in [1.807, 2.05) is 23.7 Å². The molecule has 0 N–H and O–H groups in total. The number of para-hydroxylation sites is 1. The van der Waals surface area contributed by atoms with Crippen LogP contribution in [0.4, 0.5) is 0 Å². The molecule has 0 amide bonds. The van der Waals surface area contributed by atoms with Crippen molar-refractivity contribution in [1.82, 2.24) is 14.1 Å². The summed E-state index contributed by atoms with van der Waals surface area (Å²) in [7, 11) is 0. The van der Waals surface area contributed by atoms with E-state index in [0.717, 1.165) is 16.6 Å². The molecule has 0 bridgehead atoms. The molecule has 0 radical (unpaired) electrons. The highest BCUT2D eigenvalue weighted by molar-refractivity contribution is 7.27. The zero-order valence-corrected chi connectivity index (χ0v) is 27.2. The molecule has 0 unspecified atom stereocenters. The quantitative estimate of drug-likeness (QED) is 0.188. The Bertz CT molecular complexity index is 3100. The molecule has 4 aromatic heterocycles. The van der Waals surface area contributed by atoms with Gasteiger partial charge in [0.25, 0.3) is 0 Å². The monoisotopic (exact) mass is 641 g/mol. The van der Waals surface area contributed by atoms with E-state index in [4.69, 9.17) is 0 Å². The van der Waals surface area contributed by atoms with Crippen LogP contribution >= 0.6 is 11.3 Å². The van der Waals surface area contributed by atoms with Crippen LogP contribution in [0.5, 0.6) is 0 Å². The zero-order valence-electron chi connectivity index (χ0n) is 26.3. The Labute approximate surface area is 285 Å². The molecule has 11 aromatic rings. The fraction of sp³-hybridized carbons (Fsp3) is 0. The summed E-state index contributed by atoms with van der Waals surface area (Å²) in [5.74, 6) is 0. The SMILES string of the molecule is c1ccc(-c2cccc(-n3c4ccncc4c4ccc5sc6c(ccc7c6c6ccccc6n7-c6cccc7ccccc67)c5c43)c2)cc1. The maximum Gasteiger partial charge on any atom is 0.0634 e. The van der Waals surface area contributed by atoms with Gasteiger partial charge < -0.3 is 9.13 Å². The Morgan fingerprint density at radius 2 is 1.22 bits per heavy atom. The molecule has 228 valence electrons. The molecule has 3 nitrogen and oxygen atoms in total. The van der Waals surface area contributed by atoms with Crippen LogP contribution in [0.15, 0.2) is 164 Å². The molecule has 0 atom stereocenters. The molecule has 0 aliphatic rings. The first-order valence-electron chi connectivity index (χ1n) is 16.6. The van der Waals surface area contributed by atoms with Gasteiger partial charge in [-0.25, -0.2) is 0 Å². The fourth-order valence-corrected chi connectivity index (χ4v) is 9.37. The summed E-state index contributed by atoms with van der Waals surface area (Å²) in [6.45, 7) is 0. The lowest BCUT2D eigenvalue weighted by Crippen LogP contribution is -1.95. The second kappa shape index (κ2) is 10.1. The molecule has 0 fully saturated rings. The molecule has 0 aliphatic carbocycles. The standard InChI is InChI=1S/C45H27N3S/c1-2-10-28(11-3-1)30-14-8-15-31(26-30)47-39-24-25-46-27-36(39)33-21-23-41-43(44(33)47)35-20-22-40-42(45(35)49-41)34-17-6-7-18-38(34)48(40)37-19-9-13-29-12-4-5-16-32(29)37/h1-27H. The van der Waals surface area contributed by atoms with Crippen molar-refractivity contribution in [1.29, 1.82) is 0 Å². The maximum absolute atomic E-state index is 4.58. The van der Waals surface area contributed by atoms with Gasteiger partial charge in [-0.1, -0.05) is 109 Å². The lowest BCUT2D eigenvalue weighted by molar-refractivity contribution is 1.18. The van der Waals surface area contributed by atoms with E-state index in [-0.39, 0.29) is 0 Å². The largest absolute Gasteiger partial charge is 0.309 e. The fourth-order valence-electron chi connectivity index (χ4n) is 8.11. The summed E-state index contributed by atoms with van der Waals surface area (Å²) in [4.78, 5) is 4.58. The van der Waals surface area contributed by atoms with Gasteiger partial charge >= 0.3 is 0 Å².